The van der Waals surface area contributed by atoms with E-state index in [-0.39, 0.29) is 13.2 Å². The first-order valence-corrected chi connectivity index (χ1v) is 6.81. The zero-order chi connectivity index (χ0) is 15.0. The summed E-state index contributed by atoms with van der Waals surface area (Å²) in [6.07, 6.45) is 0.604. The number of aliphatic hydroxyl groups is 1. The van der Waals surface area contributed by atoms with E-state index >= 15 is 0 Å². The van der Waals surface area contributed by atoms with Gasteiger partial charge in [0.15, 0.2) is 0 Å². The second kappa shape index (κ2) is 8.55. The van der Waals surface area contributed by atoms with Gasteiger partial charge in [-0.15, -0.1) is 0 Å². The van der Waals surface area contributed by atoms with Gasteiger partial charge in [-0.05, 0) is 30.0 Å². The molecule has 1 aromatic rings. The van der Waals surface area contributed by atoms with Crippen molar-refractivity contribution < 1.29 is 19.7 Å². The van der Waals surface area contributed by atoms with Crippen molar-refractivity contribution in [3.63, 3.8) is 0 Å². The molecular weight excluding hydrogens is 258 g/mol. The highest BCUT2D eigenvalue weighted by atomic mass is 16.5. The Kier molecular flexibility index (Phi) is 7.04. The number of ether oxygens (including phenoxy) is 1. The van der Waals surface area contributed by atoms with Crippen LogP contribution in [0, 0.1) is 5.92 Å². The summed E-state index contributed by atoms with van der Waals surface area (Å²) in [4.78, 5) is 11.1. The first-order valence-electron chi connectivity index (χ1n) is 6.81. The second-order valence-electron chi connectivity index (χ2n) is 5.12. The van der Waals surface area contributed by atoms with E-state index in [0.29, 0.717) is 24.6 Å². The zero-order valence-corrected chi connectivity index (χ0v) is 12.0. The van der Waals surface area contributed by atoms with Crippen LogP contribution in [0.4, 0.5) is 0 Å². The van der Waals surface area contributed by atoms with Crippen molar-refractivity contribution in [3.8, 4) is 5.75 Å². The van der Waals surface area contributed by atoms with Crippen molar-refractivity contribution in [2.24, 2.45) is 5.92 Å². The molecule has 1 unspecified atom stereocenters. The molecule has 0 fully saturated rings. The van der Waals surface area contributed by atoms with Gasteiger partial charge in [0, 0.05) is 6.54 Å². The van der Waals surface area contributed by atoms with Gasteiger partial charge in [-0.1, -0.05) is 26.0 Å². The molecule has 0 aliphatic heterocycles. The van der Waals surface area contributed by atoms with Crippen molar-refractivity contribution >= 4 is 5.97 Å². The lowest BCUT2D eigenvalue weighted by Gasteiger charge is -2.16. The fourth-order valence-electron chi connectivity index (χ4n) is 1.85. The maximum Gasteiger partial charge on any atom is 0.320 e. The van der Waals surface area contributed by atoms with Gasteiger partial charge in [0.25, 0.3) is 0 Å². The molecule has 0 aliphatic rings. The van der Waals surface area contributed by atoms with Crippen LogP contribution in [0.3, 0.4) is 0 Å². The number of hydrogen-bond acceptors (Lipinski definition) is 4. The van der Waals surface area contributed by atoms with E-state index in [1.807, 2.05) is 38.1 Å². The third kappa shape index (κ3) is 6.04. The largest absolute Gasteiger partial charge is 0.491 e. The molecule has 0 saturated carbocycles. The number of carbonyl (C=O) groups is 1. The number of nitrogens with one attached hydrogen (secondary N) is 1. The minimum absolute atomic E-state index is 0.0151. The monoisotopic (exact) mass is 281 g/mol. The maximum absolute atomic E-state index is 11.1. The molecule has 0 bridgehead atoms. The molecule has 0 heterocycles. The summed E-state index contributed by atoms with van der Waals surface area (Å²) in [6.45, 7) is 4.77. The van der Waals surface area contributed by atoms with Crippen LogP contribution in [0.1, 0.15) is 25.8 Å². The van der Waals surface area contributed by atoms with E-state index in [9.17, 15) is 4.79 Å². The average Bonchev–Trinajstić information content (AvgIpc) is 2.41. The van der Waals surface area contributed by atoms with Gasteiger partial charge in [-0.25, -0.2) is 0 Å². The quantitative estimate of drug-likeness (QED) is 0.641. The SMILES string of the molecule is CC(C)CC(NCc1ccc(OCCO)cc1)C(=O)O. The lowest BCUT2D eigenvalue weighted by molar-refractivity contribution is -0.140. The predicted octanol–water partition coefficient (Wildman–Crippen LogP) is 1.65. The van der Waals surface area contributed by atoms with Gasteiger partial charge < -0.3 is 20.3 Å². The summed E-state index contributed by atoms with van der Waals surface area (Å²) in [5, 5.41) is 20.8. The molecular formula is C15H23NO4. The molecule has 3 N–H and O–H groups in total. The van der Waals surface area contributed by atoms with Crippen LogP contribution in [-0.4, -0.2) is 35.4 Å². The van der Waals surface area contributed by atoms with Crippen LogP contribution < -0.4 is 10.1 Å². The Hall–Kier alpha value is -1.59. The van der Waals surface area contributed by atoms with E-state index in [2.05, 4.69) is 5.32 Å². The lowest BCUT2D eigenvalue weighted by Crippen LogP contribution is -2.37. The number of carboxylic acid groups (broad SMARTS) is 1. The van der Waals surface area contributed by atoms with Crippen LogP contribution in [-0.2, 0) is 11.3 Å². The molecule has 20 heavy (non-hydrogen) atoms. The van der Waals surface area contributed by atoms with Crippen molar-refractivity contribution in [1.82, 2.24) is 5.32 Å². The topological polar surface area (TPSA) is 78.8 Å². The zero-order valence-electron chi connectivity index (χ0n) is 12.0. The normalized spacial score (nSPS) is 12.4. The molecule has 0 spiro atoms. The fraction of sp³-hybridized carbons (Fsp3) is 0.533. The third-order valence-corrected chi connectivity index (χ3v) is 2.84. The fourth-order valence-corrected chi connectivity index (χ4v) is 1.85. The van der Waals surface area contributed by atoms with Crippen LogP contribution >= 0.6 is 0 Å². The Balaban J connectivity index is 2.49. The molecule has 0 radical (unpaired) electrons. The minimum atomic E-state index is -0.818. The van der Waals surface area contributed by atoms with E-state index in [0.717, 1.165) is 5.56 Å². The molecule has 0 saturated heterocycles. The highest BCUT2D eigenvalue weighted by molar-refractivity contribution is 5.73. The van der Waals surface area contributed by atoms with E-state index in [4.69, 9.17) is 14.9 Å². The van der Waals surface area contributed by atoms with Crippen molar-refractivity contribution in [3.05, 3.63) is 29.8 Å². The average molecular weight is 281 g/mol. The molecule has 5 nitrogen and oxygen atoms in total. The predicted molar refractivity (Wildman–Crippen MR) is 76.7 cm³/mol. The molecule has 112 valence electrons. The van der Waals surface area contributed by atoms with E-state index in [1.165, 1.54) is 0 Å². The molecule has 1 atom stereocenters. The van der Waals surface area contributed by atoms with Gasteiger partial charge in [-0.2, -0.15) is 0 Å². The number of carboxylic acids is 1. The summed E-state index contributed by atoms with van der Waals surface area (Å²) in [5.74, 6) is 0.208. The highest BCUT2D eigenvalue weighted by Crippen LogP contribution is 2.12. The van der Waals surface area contributed by atoms with Gasteiger partial charge in [0.2, 0.25) is 0 Å². The van der Waals surface area contributed by atoms with Gasteiger partial charge in [0.05, 0.1) is 6.61 Å². The van der Waals surface area contributed by atoms with Gasteiger partial charge in [0.1, 0.15) is 18.4 Å². The van der Waals surface area contributed by atoms with Crippen LogP contribution in [0.2, 0.25) is 0 Å². The molecule has 0 amide bonds. The molecule has 0 aromatic heterocycles. The molecule has 1 aromatic carbocycles. The second-order valence-corrected chi connectivity index (χ2v) is 5.12. The maximum atomic E-state index is 11.1. The first kappa shape index (κ1) is 16.5. The van der Waals surface area contributed by atoms with Gasteiger partial charge in [-0.3, -0.25) is 4.79 Å². The Bertz CT molecular complexity index is 403. The smallest absolute Gasteiger partial charge is 0.320 e. The Morgan fingerprint density at radius 3 is 2.45 bits per heavy atom. The van der Waals surface area contributed by atoms with Crippen molar-refractivity contribution in [1.29, 1.82) is 0 Å². The lowest BCUT2D eigenvalue weighted by atomic mass is 10.0. The van der Waals surface area contributed by atoms with Crippen molar-refractivity contribution in [2.45, 2.75) is 32.9 Å². The summed E-state index contributed by atoms with van der Waals surface area (Å²) in [7, 11) is 0. The molecule has 0 aliphatic carbocycles. The third-order valence-electron chi connectivity index (χ3n) is 2.84. The summed E-state index contributed by atoms with van der Waals surface area (Å²) < 4.78 is 5.26. The summed E-state index contributed by atoms with van der Waals surface area (Å²) >= 11 is 0. The van der Waals surface area contributed by atoms with Gasteiger partial charge >= 0.3 is 5.97 Å². The van der Waals surface area contributed by atoms with E-state index in [1.54, 1.807) is 0 Å². The van der Waals surface area contributed by atoms with E-state index < -0.39 is 12.0 Å². The Labute approximate surface area is 119 Å². The van der Waals surface area contributed by atoms with Crippen LogP contribution in [0.25, 0.3) is 0 Å². The Morgan fingerprint density at radius 2 is 1.95 bits per heavy atom. The van der Waals surface area contributed by atoms with Crippen LogP contribution in [0.15, 0.2) is 24.3 Å². The number of rotatable bonds is 9. The van der Waals surface area contributed by atoms with Crippen LogP contribution in [0.5, 0.6) is 5.75 Å². The van der Waals surface area contributed by atoms with Crippen molar-refractivity contribution in [2.75, 3.05) is 13.2 Å². The summed E-state index contributed by atoms with van der Waals surface area (Å²) in [6, 6.07) is 6.86. The number of aliphatic hydroxyl groups excluding tert-OH is 1. The highest BCUT2D eigenvalue weighted by Gasteiger charge is 2.17. The Morgan fingerprint density at radius 1 is 1.30 bits per heavy atom. The molecule has 5 heteroatoms. The number of hydrogen-bond donors (Lipinski definition) is 3. The minimum Gasteiger partial charge on any atom is -0.491 e. The standard InChI is InChI=1S/C15H23NO4/c1-11(2)9-14(15(18)19)16-10-12-3-5-13(6-4-12)20-8-7-17/h3-6,11,14,16-17H,7-10H2,1-2H3,(H,18,19). The number of benzene rings is 1. The summed E-state index contributed by atoms with van der Waals surface area (Å²) in [5.41, 5.74) is 0.997. The number of aliphatic carboxylic acids is 1. The molecule has 1 rings (SSSR count). The first-order chi connectivity index (χ1) is 9.52.